The zero-order valence-corrected chi connectivity index (χ0v) is 13.8. The van der Waals surface area contributed by atoms with Crippen molar-refractivity contribution in [1.29, 1.82) is 0 Å². The number of rotatable bonds is 3. The molecule has 0 saturated heterocycles. The lowest BCUT2D eigenvalue weighted by Gasteiger charge is -2.35. The normalized spacial score (nSPS) is 17.2. The molecule has 0 saturated carbocycles. The van der Waals surface area contributed by atoms with Gasteiger partial charge in [0.05, 0.1) is 6.04 Å². The molecule has 1 unspecified atom stereocenters. The molecule has 0 fully saturated rings. The van der Waals surface area contributed by atoms with Crippen LogP contribution in [0.5, 0.6) is 0 Å². The quantitative estimate of drug-likeness (QED) is 0.939. The minimum atomic E-state index is 0.0178. The highest BCUT2D eigenvalue weighted by Gasteiger charge is 2.30. The third kappa shape index (κ3) is 2.99. The molecule has 5 heteroatoms. The van der Waals surface area contributed by atoms with Gasteiger partial charge in [0.15, 0.2) is 0 Å². The lowest BCUT2D eigenvalue weighted by atomic mass is 9.98. The fraction of sp³-hybridized carbons (Fsp3) is 0.412. The van der Waals surface area contributed by atoms with Crippen molar-refractivity contribution >= 4 is 17.4 Å². The number of nitrogens with one attached hydrogen (secondary N) is 1. The van der Waals surface area contributed by atoms with Crippen molar-refractivity contribution in [1.82, 2.24) is 15.2 Å². The van der Waals surface area contributed by atoms with Gasteiger partial charge in [-0.05, 0) is 48.4 Å². The predicted molar refractivity (Wildman–Crippen MR) is 89.0 cm³/mol. The van der Waals surface area contributed by atoms with Crippen molar-refractivity contribution in [3.8, 4) is 0 Å². The number of thiophene rings is 1. The molecule has 0 bridgehead atoms. The Morgan fingerprint density at radius 2 is 2.32 bits per heavy atom. The maximum absolute atomic E-state index is 12.5. The monoisotopic (exact) mass is 315 g/mol. The summed E-state index contributed by atoms with van der Waals surface area (Å²) in [6, 6.07) is 6.36. The Balaban J connectivity index is 1.66. The van der Waals surface area contributed by atoms with Crippen molar-refractivity contribution in [2.75, 3.05) is 6.54 Å². The van der Waals surface area contributed by atoms with Gasteiger partial charge in [0.25, 0.3) is 0 Å². The predicted octanol–water partition coefficient (Wildman–Crippen LogP) is 3.67. The van der Waals surface area contributed by atoms with Crippen LogP contribution in [0.3, 0.4) is 0 Å². The summed E-state index contributed by atoms with van der Waals surface area (Å²) in [5, 5.41) is 5.16. The van der Waals surface area contributed by atoms with E-state index < -0.39 is 0 Å². The molecule has 2 amide bonds. The van der Waals surface area contributed by atoms with Crippen molar-refractivity contribution < 1.29 is 4.79 Å². The molecule has 1 aliphatic rings. The molecule has 3 heterocycles. The minimum Gasteiger partial charge on any atom is -0.334 e. The first-order chi connectivity index (χ1) is 10.7. The largest absolute Gasteiger partial charge is 0.334 e. The van der Waals surface area contributed by atoms with Gasteiger partial charge in [-0.3, -0.25) is 4.98 Å². The van der Waals surface area contributed by atoms with E-state index in [1.807, 2.05) is 30.2 Å². The molecule has 116 valence electrons. The summed E-state index contributed by atoms with van der Waals surface area (Å²) >= 11 is 1.80. The number of carbonyl (C=O) groups excluding carboxylic acids is 1. The maximum Gasteiger partial charge on any atom is 0.318 e. The molecule has 1 N–H and O–H groups in total. The van der Waals surface area contributed by atoms with E-state index in [1.54, 1.807) is 11.3 Å². The second-order valence-corrected chi connectivity index (χ2v) is 6.63. The third-order valence-corrected chi connectivity index (χ3v) is 5.16. The van der Waals surface area contributed by atoms with Gasteiger partial charge in [0.1, 0.15) is 0 Å². The average Bonchev–Trinajstić information content (AvgIpc) is 3.01. The molecule has 3 rings (SSSR count). The number of aromatic nitrogens is 1. The fourth-order valence-electron chi connectivity index (χ4n) is 2.96. The van der Waals surface area contributed by atoms with Crippen LogP contribution in [0.1, 0.15) is 41.1 Å². The molecule has 0 radical (unpaired) electrons. The van der Waals surface area contributed by atoms with Gasteiger partial charge in [-0.15, -0.1) is 11.3 Å². The van der Waals surface area contributed by atoms with E-state index in [0.29, 0.717) is 6.54 Å². The highest BCUT2D eigenvalue weighted by atomic mass is 32.1. The lowest BCUT2D eigenvalue weighted by molar-refractivity contribution is 0.167. The summed E-state index contributed by atoms with van der Waals surface area (Å²) in [5.41, 5.74) is 3.34. The van der Waals surface area contributed by atoms with Gasteiger partial charge in [-0.2, -0.15) is 0 Å². The molecule has 0 aromatic carbocycles. The summed E-state index contributed by atoms with van der Waals surface area (Å²) in [5.74, 6) is 0. The van der Waals surface area contributed by atoms with Gasteiger partial charge in [-0.1, -0.05) is 13.0 Å². The number of amides is 2. The number of hydrogen-bond donors (Lipinski definition) is 1. The summed E-state index contributed by atoms with van der Waals surface area (Å²) in [6.07, 6.45) is 3.73. The molecule has 2 aromatic rings. The summed E-state index contributed by atoms with van der Waals surface area (Å²) in [4.78, 5) is 20.2. The Morgan fingerprint density at radius 1 is 1.45 bits per heavy atom. The molecule has 4 nitrogen and oxygen atoms in total. The number of pyridine rings is 1. The first-order valence-electron chi connectivity index (χ1n) is 7.71. The zero-order chi connectivity index (χ0) is 15.5. The Morgan fingerprint density at radius 3 is 3.05 bits per heavy atom. The molecular formula is C17H21N3OS. The minimum absolute atomic E-state index is 0.0178. The number of fused-ring (bicyclic) bond motifs is 1. The second kappa shape index (κ2) is 6.48. The number of hydrogen-bond acceptors (Lipinski definition) is 3. The SMILES string of the molecule is CCC1c2ccsc2CCN1C(=O)NCc1ccc(C)nc1. The van der Waals surface area contributed by atoms with Gasteiger partial charge in [0.2, 0.25) is 0 Å². The maximum atomic E-state index is 12.5. The van der Waals surface area contributed by atoms with Crippen molar-refractivity contribution in [3.05, 3.63) is 51.5 Å². The first-order valence-corrected chi connectivity index (χ1v) is 8.59. The molecule has 0 aliphatic carbocycles. The first kappa shape index (κ1) is 15.0. The van der Waals surface area contributed by atoms with E-state index >= 15 is 0 Å². The Bertz CT molecular complexity index is 650. The number of urea groups is 1. The number of carbonyl (C=O) groups is 1. The van der Waals surface area contributed by atoms with Crippen LogP contribution in [-0.4, -0.2) is 22.5 Å². The standard InChI is InChI=1S/C17H21N3OS/c1-3-15-14-7-9-22-16(14)6-8-20(15)17(21)19-11-13-5-4-12(2)18-10-13/h4-5,7,9-10,15H,3,6,8,11H2,1-2H3,(H,19,21). The van der Waals surface area contributed by atoms with Crippen LogP contribution in [-0.2, 0) is 13.0 Å². The summed E-state index contributed by atoms with van der Waals surface area (Å²) in [6.45, 7) is 5.42. The number of aryl methyl sites for hydroxylation is 1. The van der Waals surface area contributed by atoms with Crippen LogP contribution in [0.4, 0.5) is 4.79 Å². The lowest BCUT2D eigenvalue weighted by Crippen LogP contribution is -2.44. The molecular weight excluding hydrogens is 294 g/mol. The van der Waals surface area contributed by atoms with Crippen molar-refractivity contribution in [3.63, 3.8) is 0 Å². The molecule has 22 heavy (non-hydrogen) atoms. The molecule has 1 aliphatic heterocycles. The molecule has 1 atom stereocenters. The highest BCUT2D eigenvalue weighted by Crippen LogP contribution is 2.35. The highest BCUT2D eigenvalue weighted by molar-refractivity contribution is 7.10. The second-order valence-electron chi connectivity index (χ2n) is 5.63. The Labute approximate surface area is 135 Å². The fourth-order valence-corrected chi connectivity index (χ4v) is 3.89. The van der Waals surface area contributed by atoms with Crippen LogP contribution in [0, 0.1) is 6.92 Å². The van der Waals surface area contributed by atoms with Crippen LogP contribution in [0.15, 0.2) is 29.8 Å². The summed E-state index contributed by atoms with van der Waals surface area (Å²) in [7, 11) is 0. The van der Waals surface area contributed by atoms with Crippen LogP contribution < -0.4 is 5.32 Å². The van der Waals surface area contributed by atoms with Crippen LogP contribution in [0.25, 0.3) is 0 Å². The van der Waals surface area contributed by atoms with E-state index in [2.05, 4.69) is 28.7 Å². The third-order valence-electron chi connectivity index (χ3n) is 4.16. The van der Waals surface area contributed by atoms with E-state index in [0.717, 1.165) is 30.6 Å². The molecule has 0 spiro atoms. The summed E-state index contributed by atoms with van der Waals surface area (Å²) < 4.78 is 0. The van der Waals surface area contributed by atoms with Gasteiger partial charge in [-0.25, -0.2) is 4.79 Å². The van der Waals surface area contributed by atoms with E-state index in [4.69, 9.17) is 0 Å². The smallest absolute Gasteiger partial charge is 0.318 e. The van der Waals surface area contributed by atoms with E-state index in [9.17, 15) is 4.79 Å². The van der Waals surface area contributed by atoms with Gasteiger partial charge in [0, 0.05) is 29.9 Å². The van der Waals surface area contributed by atoms with E-state index in [-0.39, 0.29) is 12.1 Å². The van der Waals surface area contributed by atoms with E-state index in [1.165, 1.54) is 10.4 Å². The van der Waals surface area contributed by atoms with Crippen LogP contribution >= 0.6 is 11.3 Å². The van der Waals surface area contributed by atoms with Gasteiger partial charge >= 0.3 is 6.03 Å². The topological polar surface area (TPSA) is 45.2 Å². The zero-order valence-electron chi connectivity index (χ0n) is 13.0. The van der Waals surface area contributed by atoms with Crippen molar-refractivity contribution in [2.24, 2.45) is 0 Å². The van der Waals surface area contributed by atoms with Crippen molar-refractivity contribution in [2.45, 2.75) is 39.3 Å². The Kier molecular flexibility index (Phi) is 4.43. The van der Waals surface area contributed by atoms with Crippen LogP contribution in [0.2, 0.25) is 0 Å². The van der Waals surface area contributed by atoms with Gasteiger partial charge < -0.3 is 10.2 Å². The molecule has 2 aromatic heterocycles. The number of nitrogens with zero attached hydrogens (tertiary/aromatic N) is 2. The Hall–Kier alpha value is -1.88. The average molecular weight is 315 g/mol.